The quantitative estimate of drug-likeness (QED) is 0.315. The Morgan fingerprint density at radius 3 is 2.57 bits per heavy atom. The Bertz CT molecular complexity index is 1410. The molecule has 0 bridgehead atoms. The summed E-state index contributed by atoms with van der Waals surface area (Å²) >= 11 is 0. The maximum atomic E-state index is 13.5. The Labute approximate surface area is 246 Å². The van der Waals surface area contributed by atoms with Crippen LogP contribution < -0.4 is 9.47 Å². The maximum Gasteiger partial charge on any atom is 0.260 e. The van der Waals surface area contributed by atoms with E-state index in [-0.39, 0.29) is 18.3 Å². The molecule has 42 heavy (non-hydrogen) atoms. The van der Waals surface area contributed by atoms with Gasteiger partial charge in [-0.2, -0.15) is 0 Å². The van der Waals surface area contributed by atoms with E-state index >= 15 is 0 Å². The normalized spacial score (nSPS) is 16.1. The van der Waals surface area contributed by atoms with E-state index in [0.717, 1.165) is 63.8 Å². The third kappa shape index (κ3) is 7.78. The fraction of sp³-hybridized carbons (Fsp3) is 0.394. The Morgan fingerprint density at radius 1 is 1.00 bits per heavy atom. The predicted molar refractivity (Wildman–Crippen MR) is 157 cm³/mol. The van der Waals surface area contributed by atoms with Gasteiger partial charge in [0.2, 0.25) is 0 Å². The molecule has 0 unspecified atom stereocenters. The number of ether oxygens (including phenoxy) is 3. The lowest BCUT2D eigenvalue weighted by Crippen LogP contribution is -2.41. The number of aromatic hydroxyl groups is 1. The number of phenolic OH excluding ortho intramolecular Hbond substituents is 1. The van der Waals surface area contributed by atoms with Crippen molar-refractivity contribution < 1.29 is 28.5 Å². The fourth-order valence-electron chi connectivity index (χ4n) is 5.42. The van der Waals surface area contributed by atoms with Crippen LogP contribution in [0.3, 0.4) is 0 Å². The van der Waals surface area contributed by atoms with Crippen LogP contribution in [0, 0.1) is 18.3 Å². The number of piperidine rings is 1. The standard InChI is InChI=1S/C33H36FN3O5/c1-35-27-8-10-32(30(21-27)29-9-7-26(34)20-31(29)38)41-22-33(39)37-13-11-24(12-14-37)5-6-25-3-2-4-28(19-25)42-23-36-15-17-40-18-16-36/h2-4,7-10,19-21,24,38H,5-6,11-18,22-23H2. The first-order valence-electron chi connectivity index (χ1n) is 14.4. The van der Waals surface area contributed by atoms with Crippen molar-refractivity contribution in [2.75, 3.05) is 52.7 Å². The van der Waals surface area contributed by atoms with Crippen LogP contribution in [0.4, 0.5) is 10.1 Å². The van der Waals surface area contributed by atoms with Gasteiger partial charge in [-0.15, -0.1) is 0 Å². The lowest BCUT2D eigenvalue weighted by molar-refractivity contribution is -0.134. The van der Waals surface area contributed by atoms with Gasteiger partial charge in [0.15, 0.2) is 12.3 Å². The van der Waals surface area contributed by atoms with Crippen molar-refractivity contribution in [3.63, 3.8) is 0 Å². The summed E-state index contributed by atoms with van der Waals surface area (Å²) < 4.78 is 30.8. The molecule has 0 aliphatic carbocycles. The van der Waals surface area contributed by atoms with E-state index in [9.17, 15) is 14.3 Å². The average Bonchev–Trinajstić information content (AvgIpc) is 3.02. The number of likely N-dealkylation sites (tertiary alicyclic amines) is 1. The number of carbonyl (C=O) groups excluding carboxylic acids is 1. The van der Waals surface area contributed by atoms with Crippen molar-refractivity contribution in [2.24, 2.45) is 5.92 Å². The molecule has 9 heteroatoms. The predicted octanol–water partition coefficient (Wildman–Crippen LogP) is 5.67. The van der Waals surface area contributed by atoms with Gasteiger partial charge in [-0.25, -0.2) is 9.24 Å². The molecular formula is C33H36FN3O5. The van der Waals surface area contributed by atoms with E-state index < -0.39 is 5.82 Å². The lowest BCUT2D eigenvalue weighted by atomic mass is 9.90. The van der Waals surface area contributed by atoms with Gasteiger partial charge in [0.05, 0.1) is 19.8 Å². The summed E-state index contributed by atoms with van der Waals surface area (Å²) in [6.45, 7) is 12.4. The molecule has 3 aromatic carbocycles. The number of rotatable bonds is 10. The van der Waals surface area contributed by atoms with Gasteiger partial charge in [0, 0.05) is 43.4 Å². The highest BCUT2D eigenvalue weighted by Gasteiger charge is 2.24. The van der Waals surface area contributed by atoms with Crippen LogP contribution in [0.5, 0.6) is 17.2 Å². The largest absolute Gasteiger partial charge is 0.507 e. The average molecular weight is 574 g/mol. The second-order valence-corrected chi connectivity index (χ2v) is 10.8. The third-order valence-corrected chi connectivity index (χ3v) is 7.92. The fourth-order valence-corrected chi connectivity index (χ4v) is 5.42. The zero-order valence-corrected chi connectivity index (χ0v) is 23.6. The van der Waals surface area contributed by atoms with Gasteiger partial charge in [0.1, 0.15) is 29.8 Å². The first kappa shape index (κ1) is 29.4. The zero-order valence-electron chi connectivity index (χ0n) is 23.6. The Kier molecular flexibility index (Phi) is 9.90. The summed E-state index contributed by atoms with van der Waals surface area (Å²) in [5.41, 5.74) is 2.37. The van der Waals surface area contributed by atoms with E-state index in [1.165, 1.54) is 17.7 Å². The minimum absolute atomic E-state index is 0.109. The molecule has 0 saturated carbocycles. The Hall–Kier alpha value is -4.13. The molecule has 2 aliphatic rings. The molecule has 0 aromatic heterocycles. The second kappa shape index (κ2) is 14.2. The highest BCUT2D eigenvalue weighted by molar-refractivity contribution is 5.81. The monoisotopic (exact) mass is 573 g/mol. The van der Waals surface area contributed by atoms with Crippen LogP contribution in [0.2, 0.25) is 0 Å². The highest BCUT2D eigenvalue weighted by atomic mass is 19.1. The number of aryl methyl sites for hydroxylation is 1. The van der Waals surface area contributed by atoms with E-state index in [2.05, 4.69) is 21.9 Å². The minimum Gasteiger partial charge on any atom is -0.507 e. The smallest absolute Gasteiger partial charge is 0.260 e. The number of phenols is 1. The number of carbonyl (C=O) groups is 1. The van der Waals surface area contributed by atoms with Gasteiger partial charge in [-0.05, 0) is 73.6 Å². The Morgan fingerprint density at radius 2 is 1.81 bits per heavy atom. The van der Waals surface area contributed by atoms with Crippen molar-refractivity contribution in [3.05, 3.63) is 83.5 Å². The van der Waals surface area contributed by atoms with Crippen LogP contribution in [0.15, 0.2) is 60.7 Å². The first-order chi connectivity index (χ1) is 20.5. The van der Waals surface area contributed by atoms with Crippen molar-refractivity contribution in [1.82, 2.24) is 9.80 Å². The summed E-state index contributed by atoms with van der Waals surface area (Å²) in [7, 11) is 0. The van der Waals surface area contributed by atoms with Crippen molar-refractivity contribution in [2.45, 2.75) is 25.7 Å². The van der Waals surface area contributed by atoms with Gasteiger partial charge in [0.25, 0.3) is 5.91 Å². The van der Waals surface area contributed by atoms with Crippen LogP contribution in [0.1, 0.15) is 24.8 Å². The molecule has 0 spiro atoms. The number of morpholine rings is 1. The number of hydrogen-bond acceptors (Lipinski definition) is 6. The molecule has 0 radical (unpaired) electrons. The first-order valence-corrected chi connectivity index (χ1v) is 14.4. The molecule has 5 rings (SSSR count). The van der Waals surface area contributed by atoms with Crippen LogP contribution in [0.25, 0.3) is 16.0 Å². The van der Waals surface area contributed by atoms with Gasteiger partial charge < -0.3 is 24.2 Å². The number of amides is 1. The molecular weight excluding hydrogens is 537 g/mol. The van der Waals surface area contributed by atoms with E-state index in [0.29, 0.717) is 48.3 Å². The molecule has 1 amide bonds. The summed E-state index contributed by atoms with van der Waals surface area (Å²) in [6, 6.07) is 16.8. The van der Waals surface area contributed by atoms with Crippen LogP contribution in [-0.4, -0.2) is 73.5 Å². The number of benzene rings is 3. The minimum atomic E-state index is -0.569. The Balaban J connectivity index is 1.09. The molecule has 2 saturated heterocycles. The summed E-state index contributed by atoms with van der Waals surface area (Å²) in [5, 5.41) is 10.3. The molecule has 220 valence electrons. The van der Waals surface area contributed by atoms with E-state index in [4.69, 9.17) is 20.8 Å². The summed E-state index contributed by atoms with van der Waals surface area (Å²) in [4.78, 5) is 20.5. The molecule has 0 atom stereocenters. The highest BCUT2D eigenvalue weighted by Crippen LogP contribution is 2.38. The molecule has 1 N–H and O–H groups in total. The molecule has 2 fully saturated rings. The molecule has 2 aliphatic heterocycles. The van der Waals surface area contributed by atoms with Crippen LogP contribution in [-0.2, 0) is 16.0 Å². The SMILES string of the molecule is [C-]#[N+]c1ccc(OCC(=O)N2CCC(CCc3cccc(OCN4CCOCC4)c3)CC2)c(-c2ccc(F)cc2O)c1. The molecule has 2 heterocycles. The lowest BCUT2D eigenvalue weighted by Gasteiger charge is -2.32. The molecule has 3 aromatic rings. The van der Waals surface area contributed by atoms with E-state index in [1.54, 1.807) is 18.2 Å². The third-order valence-electron chi connectivity index (χ3n) is 7.92. The number of nitrogens with zero attached hydrogens (tertiary/aromatic N) is 3. The van der Waals surface area contributed by atoms with Gasteiger partial charge >= 0.3 is 0 Å². The van der Waals surface area contributed by atoms with Gasteiger partial charge in [-0.1, -0.05) is 18.2 Å². The zero-order chi connectivity index (χ0) is 29.3. The second-order valence-electron chi connectivity index (χ2n) is 10.8. The molecule has 8 nitrogen and oxygen atoms in total. The van der Waals surface area contributed by atoms with E-state index in [1.807, 2.05) is 17.0 Å². The van der Waals surface area contributed by atoms with Crippen LogP contribution >= 0.6 is 0 Å². The van der Waals surface area contributed by atoms with Crippen molar-refractivity contribution >= 4 is 11.6 Å². The van der Waals surface area contributed by atoms with Gasteiger partial charge in [-0.3, -0.25) is 9.69 Å². The maximum absolute atomic E-state index is 13.5. The number of hydrogen-bond donors (Lipinski definition) is 1. The van der Waals surface area contributed by atoms with Crippen molar-refractivity contribution in [1.29, 1.82) is 0 Å². The van der Waals surface area contributed by atoms with Crippen molar-refractivity contribution in [3.8, 4) is 28.4 Å². The summed E-state index contributed by atoms with van der Waals surface area (Å²) in [6.07, 6.45) is 3.90. The number of halogens is 1. The summed E-state index contributed by atoms with van der Waals surface area (Å²) in [5.74, 6) is 0.845. The topological polar surface area (TPSA) is 75.8 Å².